The quantitative estimate of drug-likeness (QED) is 0.422. The van der Waals surface area contributed by atoms with Crippen LogP contribution in [0.1, 0.15) is 25.8 Å². The normalized spacial score (nSPS) is 11.9. The predicted molar refractivity (Wildman–Crippen MR) is 120 cm³/mol. The highest BCUT2D eigenvalue weighted by molar-refractivity contribution is 7.99. The van der Waals surface area contributed by atoms with Crippen molar-refractivity contribution in [1.82, 2.24) is 19.7 Å². The molecule has 0 spiro atoms. The minimum absolute atomic E-state index is 0.151. The number of carbonyl (C=O) groups excluding carboxylic acids is 1. The van der Waals surface area contributed by atoms with Gasteiger partial charge >= 0.3 is 0 Å². The van der Waals surface area contributed by atoms with Gasteiger partial charge in [-0.2, -0.15) is 0 Å². The summed E-state index contributed by atoms with van der Waals surface area (Å²) < 4.78 is 7.83. The zero-order valence-corrected chi connectivity index (χ0v) is 19.2. The molecule has 3 aromatic rings. The van der Waals surface area contributed by atoms with E-state index in [0.717, 1.165) is 0 Å². The summed E-state index contributed by atoms with van der Waals surface area (Å²) in [4.78, 5) is 16.3. The summed E-state index contributed by atoms with van der Waals surface area (Å²) in [6, 6.07) is 8.31. The van der Waals surface area contributed by atoms with Crippen LogP contribution in [0.4, 0.5) is 5.82 Å². The number of amides is 1. The molecule has 0 radical (unpaired) electrons. The third-order valence-electron chi connectivity index (χ3n) is 3.95. The van der Waals surface area contributed by atoms with Crippen LogP contribution in [0.3, 0.4) is 0 Å². The van der Waals surface area contributed by atoms with E-state index < -0.39 is 6.10 Å². The second-order valence-electron chi connectivity index (χ2n) is 6.12. The second-order valence-corrected chi connectivity index (χ2v) is 8.34. The number of anilines is 1. The molecular formula is C19H18Cl3N5O2S. The number of rotatable bonds is 8. The minimum Gasteiger partial charge on any atom is -0.481 e. The Bertz CT molecular complexity index is 1030. The molecule has 3 rings (SSSR count). The first-order valence-electron chi connectivity index (χ1n) is 8.96. The number of nitrogens with zero attached hydrogens (tertiary/aromatic N) is 4. The van der Waals surface area contributed by atoms with Gasteiger partial charge in [0.2, 0.25) is 5.91 Å². The molecule has 1 atom stereocenters. The highest BCUT2D eigenvalue weighted by Crippen LogP contribution is 2.32. The van der Waals surface area contributed by atoms with E-state index in [9.17, 15) is 4.79 Å². The third kappa shape index (κ3) is 5.78. The Labute approximate surface area is 193 Å². The SMILES string of the molecule is CCn1c(SCC(=O)Nc2ccc(Cl)cn2)nnc1C(C)Oc1cc(Cl)ccc1Cl. The van der Waals surface area contributed by atoms with Crippen LogP contribution >= 0.6 is 46.6 Å². The monoisotopic (exact) mass is 485 g/mol. The van der Waals surface area contributed by atoms with Crippen LogP contribution in [0, 0.1) is 0 Å². The number of carbonyl (C=O) groups is 1. The molecule has 1 N–H and O–H groups in total. The molecule has 158 valence electrons. The Morgan fingerprint density at radius 3 is 2.67 bits per heavy atom. The molecular weight excluding hydrogens is 469 g/mol. The van der Waals surface area contributed by atoms with Crippen molar-refractivity contribution in [3.8, 4) is 5.75 Å². The fourth-order valence-electron chi connectivity index (χ4n) is 2.57. The maximum atomic E-state index is 12.2. The molecule has 0 aliphatic heterocycles. The topological polar surface area (TPSA) is 81.9 Å². The molecule has 2 heterocycles. The van der Waals surface area contributed by atoms with Gasteiger partial charge in [-0.15, -0.1) is 10.2 Å². The third-order valence-corrected chi connectivity index (χ3v) is 5.69. The number of nitrogens with one attached hydrogen (secondary N) is 1. The average Bonchev–Trinajstić information content (AvgIpc) is 3.14. The van der Waals surface area contributed by atoms with E-state index in [-0.39, 0.29) is 11.7 Å². The standard InChI is InChI=1S/C19H18Cl3N5O2S/c1-3-27-18(11(2)29-15-8-12(20)4-6-14(15)22)25-26-19(27)30-10-17(28)24-16-7-5-13(21)9-23-16/h4-9,11H,3,10H2,1-2H3,(H,23,24,28). The van der Waals surface area contributed by atoms with Crippen LogP contribution in [0.25, 0.3) is 0 Å². The Morgan fingerprint density at radius 2 is 1.97 bits per heavy atom. The molecule has 1 amide bonds. The fraction of sp³-hybridized carbons (Fsp3) is 0.263. The summed E-state index contributed by atoms with van der Waals surface area (Å²) in [6.07, 6.45) is 1.05. The molecule has 0 aliphatic rings. The van der Waals surface area contributed by atoms with Crippen LogP contribution in [0.15, 0.2) is 41.7 Å². The summed E-state index contributed by atoms with van der Waals surface area (Å²) in [5.41, 5.74) is 0. The number of halogens is 3. The van der Waals surface area contributed by atoms with Gasteiger partial charge < -0.3 is 14.6 Å². The summed E-state index contributed by atoms with van der Waals surface area (Å²) in [5.74, 6) is 1.46. The highest BCUT2D eigenvalue weighted by atomic mass is 35.5. The molecule has 7 nitrogen and oxygen atoms in total. The van der Waals surface area contributed by atoms with Crippen molar-refractivity contribution in [2.75, 3.05) is 11.1 Å². The van der Waals surface area contributed by atoms with E-state index in [2.05, 4.69) is 20.5 Å². The van der Waals surface area contributed by atoms with Gasteiger partial charge in [0.1, 0.15) is 11.6 Å². The van der Waals surface area contributed by atoms with E-state index in [1.165, 1.54) is 18.0 Å². The number of pyridine rings is 1. The van der Waals surface area contributed by atoms with Crippen molar-refractivity contribution < 1.29 is 9.53 Å². The fourth-order valence-corrected chi connectivity index (χ4v) is 3.82. The first-order valence-corrected chi connectivity index (χ1v) is 11.1. The van der Waals surface area contributed by atoms with Crippen LogP contribution in [-0.4, -0.2) is 31.4 Å². The van der Waals surface area contributed by atoms with E-state index in [1.807, 2.05) is 18.4 Å². The molecule has 0 saturated carbocycles. The first-order chi connectivity index (χ1) is 14.4. The van der Waals surface area contributed by atoms with Gasteiger partial charge in [-0.1, -0.05) is 46.6 Å². The van der Waals surface area contributed by atoms with Crippen molar-refractivity contribution in [2.45, 2.75) is 31.7 Å². The lowest BCUT2D eigenvalue weighted by Gasteiger charge is -2.16. The highest BCUT2D eigenvalue weighted by Gasteiger charge is 2.20. The van der Waals surface area contributed by atoms with E-state index in [1.54, 1.807) is 30.3 Å². The van der Waals surface area contributed by atoms with Crippen LogP contribution in [-0.2, 0) is 11.3 Å². The van der Waals surface area contributed by atoms with E-state index in [0.29, 0.717) is 44.2 Å². The first kappa shape index (κ1) is 22.7. The van der Waals surface area contributed by atoms with Crippen LogP contribution in [0.5, 0.6) is 5.75 Å². The minimum atomic E-state index is -0.421. The van der Waals surface area contributed by atoms with Crippen molar-refractivity contribution in [3.05, 3.63) is 57.4 Å². The number of aromatic nitrogens is 4. The number of thioether (sulfide) groups is 1. The lowest BCUT2D eigenvalue weighted by Crippen LogP contribution is -2.16. The Morgan fingerprint density at radius 1 is 1.20 bits per heavy atom. The van der Waals surface area contributed by atoms with Crippen LogP contribution < -0.4 is 10.1 Å². The van der Waals surface area contributed by atoms with Gasteiger partial charge in [-0.25, -0.2) is 4.98 Å². The molecule has 0 fully saturated rings. The average molecular weight is 487 g/mol. The Kier molecular flexibility index (Phi) is 7.82. The zero-order valence-electron chi connectivity index (χ0n) is 16.1. The number of hydrogen-bond acceptors (Lipinski definition) is 6. The molecule has 1 unspecified atom stereocenters. The van der Waals surface area contributed by atoms with Crippen molar-refractivity contribution in [1.29, 1.82) is 0 Å². The van der Waals surface area contributed by atoms with E-state index in [4.69, 9.17) is 39.5 Å². The lowest BCUT2D eigenvalue weighted by molar-refractivity contribution is -0.113. The second kappa shape index (κ2) is 10.3. The lowest BCUT2D eigenvalue weighted by atomic mass is 10.3. The van der Waals surface area contributed by atoms with Crippen molar-refractivity contribution >= 4 is 58.3 Å². The Hall–Kier alpha value is -2.00. The summed E-state index contributed by atoms with van der Waals surface area (Å²) in [5, 5.41) is 13.2. The maximum absolute atomic E-state index is 12.2. The van der Waals surface area contributed by atoms with Gasteiger partial charge in [0, 0.05) is 23.8 Å². The van der Waals surface area contributed by atoms with Gasteiger partial charge in [-0.05, 0) is 38.1 Å². The van der Waals surface area contributed by atoms with Gasteiger partial charge in [0.05, 0.1) is 15.8 Å². The van der Waals surface area contributed by atoms with Gasteiger partial charge in [-0.3, -0.25) is 4.79 Å². The predicted octanol–water partition coefficient (Wildman–Crippen LogP) is 5.52. The smallest absolute Gasteiger partial charge is 0.236 e. The number of hydrogen-bond donors (Lipinski definition) is 1. The molecule has 0 bridgehead atoms. The molecule has 30 heavy (non-hydrogen) atoms. The molecule has 0 saturated heterocycles. The zero-order chi connectivity index (χ0) is 21.7. The summed E-state index contributed by atoms with van der Waals surface area (Å²) >= 11 is 19.3. The molecule has 11 heteroatoms. The van der Waals surface area contributed by atoms with Gasteiger partial charge in [0.15, 0.2) is 17.1 Å². The van der Waals surface area contributed by atoms with Gasteiger partial charge in [0.25, 0.3) is 0 Å². The van der Waals surface area contributed by atoms with Crippen molar-refractivity contribution in [3.63, 3.8) is 0 Å². The largest absolute Gasteiger partial charge is 0.481 e. The molecule has 1 aromatic carbocycles. The summed E-state index contributed by atoms with van der Waals surface area (Å²) in [6.45, 7) is 4.43. The number of ether oxygens (including phenoxy) is 1. The maximum Gasteiger partial charge on any atom is 0.236 e. The Balaban J connectivity index is 1.65. The van der Waals surface area contributed by atoms with E-state index >= 15 is 0 Å². The molecule has 2 aromatic heterocycles. The van der Waals surface area contributed by atoms with Crippen molar-refractivity contribution in [2.24, 2.45) is 0 Å². The summed E-state index contributed by atoms with van der Waals surface area (Å²) in [7, 11) is 0. The molecule has 0 aliphatic carbocycles. The van der Waals surface area contributed by atoms with Crippen LogP contribution in [0.2, 0.25) is 15.1 Å². The number of benzene rings is 1.